The first-order valence-electron chi connectivity index (χ1n) is 7.19. The Bertz CT molecular complexity index is 790. The molecule has 1 saturated heterocycles. The highest BCUT2D eigenvalue weighted by Gasteiger charge is 2.30. The second kappa shape index (κ2) is 7.59. The predicted molar refractivity (Wildman–Crippen MR) is 96.1 cm³/mol. The van der Waals surface area contributed by atoms with Crippen LogP contribution in [0.15, 0.2) is 58.7 Å². The van der Waals surface area contributed by atoms with E-state index < -0.39 is 0 Å². The average molecular weight is 362 g/mol. The van der Waals surface area contributed by atoms with Crippen LogP contribution in [0.5, 0.6) is 0 Å². The molecule has 1 aliphatic heterocycles. The second-order valence-corrected chi connectivity index (χ2v) is 6.76. The normalized spacial score (nSPS) is 19.2. The van der Waals surface area contributed by atoms with E-state index in [1.165, 1.54) is 23.9 Å². The summed E-state index contributed by atoms with van der Waals surface area (Å²) in [6.07, 6.45) is 2.10. The third-order valence-electron chi connectivity index (χ3n) is 3.34. The van der Waals surface area contributed by atoms with Crippen molar-refractivity contribution in [1.82, 2.24) is 5.32 Å². The molecule has 2 aromatic carbocycles. The van der Waals surface area contributed by atoms with Gasteiger partial charge in [-0.15, -0.1) is 5.10 Å². The first-order chi connectivity index (χ1) is 11.6. The van der Waals surface area contributed by atoms with E-state index in [4.69, 9.17) is 11.6 Å². The van der Waals surface area contributed by atoms with Crippen molar-refractivity contribution in [3.05, 3.63) is 70.5 Å². The summed E-state index contributed by atoms with van der Waals surface area (Å²) in [5.41, 5.74) is 1.76. The first-order valence-corrected chi connectivity index (χ1v) is 8.44. The summed E-state index contributed by atoms with van der Waals surface area (Å²) in [5.74, 6) is -0.411. The van der Waals surface area contributed by atoms with Crippen LogP contribution >= 0.6 is 23.4 Å². The highest BCUT2D eigenvalue weighted by Crippen LogP contribution is 2.23. The minimum absolute atomic E-state index is 0.121. The van der Waals surface area contributed by atoms with E-state index >= 15 is 0 Å². The fourth-order valence-electron chi connectivity index (χ4n) is 2.12. The number of nitrogens with one attached hydrogen (secondary N) is 1. The molecule has 1 unspecified atom stereocenters. The Morgan fingerprint density at radius 2 is 1.88 bits per heavy atom. The molecule has 0 saturated carbocycles. The van der Waals surface area contributed by atoms with Gasteiger partial charge in [0.05, 0.1) is 11.5 Å². The van der Waals surface area contributed by atoms with Gasteiger partial charge in [-0.25, -0.2) is 4.39 Å². The largest absolute Gasteiger partial charge is 0.303 e. The summed E-state index contributed by atoms with van der Waals surface area (Å²) in [6, 6.07) is 13.3. The number of carbonyl (C=O) groups excluding carboxylic acids is 1. The number of carbonyl (C=O) groups is 1. The van der Waals surface area contributed by atoms with Crippen LogP contribution in [0.1, 0.15) is 11.1 Å². The van der Waals surface area contributed by atoms with Crippen molar-refractivity contribution < 1.29 is 9.18 Å². The van der Waals surface area contributed by atoms with Crippen LogP contribution in [-0.4, -0.2) is 22.5 Å². The Morgan fingerprint density at radius 3 is 2.58 bits per heavy atom. The lowest BCUT2D eigenvalue weighted by molar-refractivity contribution is -0.118. The summed E-state index contributed by atoms with van der Waals surface area (Å²) in [7, 11) is 0. The van der Waals surface area contributed by atoms with Gasteiger partial charge in [-0.3, -0.25) is 4.79 Å². The van der Waals surface area contributed by atoms with Gasteiger partial charge in [0, 0.05) is 5.02 Å². The van der Waals surface area contributed by atoms with Gasteiger partial charge in [0.25, 0.3) is 0 Å². The lowest BCUT2D eigenvalue weighted by atomic mass is 10.1. The molecule has 1 aliphatic rings. The van der Waals surface area contributed by atoms with Gasteiger partial charge in [0.1, 0.15) is 5.82 Å². The zero-order valence-corrected chi connectivity index (χ0v) is 14.0. The van der Waals surface area contributed by atoms with Crippen molar-refractivity contribution in [1.29, 1.82) is 0 Å². The van der Waals surface area contributed by atoms with Crippen molar-refractivity contribution in [3.8, 4) is 0 Å². The van der Waals surface area contributed by atoms with Crippen LogP contribution in [0, 0.1) is 5.82 Å². The Morgan fingerprint density at radius 1 is 1.17 bits per heavy atom. The van der Waals surface area contributed by atoms with Gasteiger partial charge in [0.2, 0.25) is 5.91 Å². The van der Waals surface area contributed by atoms with Gasteiger partial charge < -0.3 is 5.32 Å². The monoisotopic (exact) mass is 361 g/mol. The summed E-state index contributed by atoms with van der Waals surface area (Å²) >= 11 is 7.13. The lowest BCUT2D eigenvalue weighted by Crippen LogP contribution is -2.25. The predicted octanol–water partition coefficient (Wildman–Crippen LogP) is 3.64. The van der Waals surface area contributed by atoms with Crippen LogP contribution in [0.25, 0.3) is 0 Å². The van der Waals surface area contributed by atoms with Gasteiger partial charge in [-0.2, -0.15) is 5.10 Å². The van der Waals surface area contributed by atoms with Gasteiger partial charge in [0.15, 0.2) is 5.17 Å². The minimum Gasteiger partial charge on any atom is -0.303 e. The number of thioether (sulfide) groups is 1. The van der Waals surface area contributed by atoms with Crippen LogP contribution in [0.4, 0.5) is 4.39 Å². The molecule has 0 bridgehead atoms. The third kappa shape index (κ3) is 4.43. The Labute approximate surface area is 147 Å². The summed E-state index contributed by atoms with van der Waals surface area (Å²) in [4.78, 5) is 12.0. The van der Waals surface area contributed by atoms with E-state index in [0.29, 0.717) is 16.6 Å². The Kier molecular flexibility index (Phi) is 5.27. The van der Waals surface area contributed by atoms with Crippen molar-refractivity contribution in [3.63, 3.8) is 0 Å². The number of benzene rings is 2. The van der Waals surface area contributed by atoms with Gasteiger partial charge >= 0.3 is 0 Å². The summed E-state index contributed by atoms with van der Waals surface area (Å²) in [5, 5.41) is 11.5. The molecule has 3 rings (SSSR count). The zero-order chi connectivity index (χ0) is 16.9. The average Bonchev–Trinajstić information content (AvgIpc) is 2.91. The van der Waals surface area contributed by atoms with Crippen molar-refractivity contribution in [2.24, 2.45) is 10.2 Å². The smallest absolute Gasteiger partial charge is 0.239 e. The Balaban J connectivity index is 1.61. The molecular formula is C17H13ClFN3OS. The summed E-state index contributed by atoms with van der Waals surface area (Å²) < 4.78 is 12.9. The molecular weight excluding hydrogens is 349 g/mol. The maximum absolute atomic E-state index is 12.9. The number of hydrogen-bond donors (Lipinski definition) is 1. The molecule has 2 aromatic rings. The molecule has 1 heterocycles. The SMILES string of the molecule is O=C1NC(=NN=Cc2ccc(Cl)cc2)SC1Cc1ccc(F)cc1. The van der Waals surface area contributed by atoms with Gasteiger partial charge in [-0.1, -0.05) is 47.6 Å². The lowest BCUT2D eigenvalue weighted by Gasteiger charge is -2.04. The zero-order valence-electron chi connectivity index (χ0n) is 12.4. The molecule has 1 N–H and O–H groups in total. The third-order valence-corrected chi connectivity index (χ3v) is 4.66. The molecule has 7 heteroatoms. The molecule has 0 aromatic heterocycles. The standard InChI is InChI=1S/C17H13ClFN3OS/c18-13-5-1-12(2-6-13)10-20-22-17-21-16(23)15(24-17)9-11-3-7-14(19)8-4-11/h1-8,10,15H,9H2,(H,21,22,23). The molecule has 122 valence electrons. The molecule has 1 fully saturated rings. The minimum atomic E-state index is -0.292. The maximum Gasteiger partial charge on any atom is 0.239 e. The Hall–Kier alpha value is -2.18. The van der Waals surface area contributed by atoms with Crippen LogP contribution in [0.2, 0.25) is 5.02 Å². The van der Waals surface area contributed by atoms with Gasteiger partial charge in [-0.05, 0) is 41.8 Å². The van der Waals surface area contributed by atoms with E-state index in [1.807, 2.05) is 12.1 Å². The fourth-order valence-corrected chi connectivity index (χ4v) is 3.21. The van der Waals surface area contributed by atoms with Crippen molar-refractivity contribution >= 4 is 40.7 Å². The molecule has 24 heavy (non-hydrogen) atoms. The molecule has 1 amide bonds. The van der Waals surface area contributed by atoms with E-state index in [0.717, 1.165) is 11.1 Å². The fraction of sp³-hybridized carbons (Fsp3) is 0.118. The van der Waals surface area contributed by atoms with Crippen LogP contribution in [-0.2, 0) is 11.2 Å². The number of amidine groups is 1. The molecule has 4 nitrogen and oxygen atoms in total. The number of rotatable bonds is 4. The molecule has 1 atom stereocenters. The highest BCUT2D eigenvalue weighted by molar-refractivity contribution is 8.15. The number of amides is 1. The second-order valence-electron chi connectivity index (χ2n) is 5.13. The maximum atomic E-state index is 12.9. The number of nitrogens with zero attached hydrogens (tertiary/aromatic N) is 2. The van der Waals surface area contributed by atoms with E-state index in [9.17, 15) is 9.18 Å². The topological polar surface area (TPSA) is 53.8 Å². The van der Waals surface area contributed by atoms with E-state index in [2.05, 4.69) is 15.5 Å². The quantitative estimate of drug-likeness (QED) is 0.667. The number of halogens is 2. The van der Waals surface area contributed by atoms with Crippen molar-refractivity contribution in [2.75, 3.05) is 0 Å². The summed E-state index contributed by atoms with van der Waals surface area (Å²) in [6.45, 7) is 0. The highest BCUT2D eigenvalue weighted by atomic mass is 35.5. The first kappa shape index (κ1) is 16.7. The number of hydrogen-bond acceptors (Lipinski definition) is 4. The van der Waals surface area contributed by atoms with Crippen LogP contribution < -0.4 is 5.32 Å². The van der Waals surface area contributed by atoms with Crippen molar-refractivity contribution in [2.45, 2.75) is 11.7 Å². The molecule has 0 spiro atoms. The molecule has 0 aliphatic carbocycles. The van der Waals surface area contributed by atoms with Crippen LogP contribution in [0.3, 0.4) is 0 Å². The molecule has 0 radical (unpaired) electrons. The van der Waals surface area contributed by atoms with E-state index in [1.54, 1.807) is 30.5 Å². The van der Waals surface area contributed by atoms with E-state index in [-0.39, 0.29) is 17.0 Å².